The first-order valence-corrected chi connectivity index (χ1v) is 8.61. The number of ether oxygens (including phenoxy) is 1. The van der Waals surface area contributed by atoms with Gasteiger partial charge in [0.1, 0.15) is 5.75 Å². The molecule has 0 aromatic heterocycles. The average molecular weight is 358 g/mol. The molecule has 1 aliphatic heterocycles. The van der Waals surface area contributed by atoms with Crippen molar-refractivity contribution in [3.8, 4) is 5.75 Å². The Morgan fingerprint density at radius 3 is 2.41 bits per heavy atom. The summed E-state index contributed by atoms with van der Waals surface area (Å²) in [4.78, 5) is 27.5. The lowest BCUT2D eigenvalue weighted by Crippen LogP contribution is -2.24. The molecule has 0 fully saturated rings. The van der Waals surface area contributed by atoms with Gasteiger partial charge in [0.25, 0.3) is 11.8 Å². The van der Waals surface area contributed by atoms with Crippen LogP contribution in [0.15, 0.2) is 72.8 Å². The highest BCUT2D eigenvalue weighted by Gasteiger charge is 2.32. The number of carbonyl (C=O) groups excluding carboxylic acids is 2. The molecule has 0 aliphatic carbocycles. The molecule has 27 heavy (non-hydrogen) atoms. The molecule has 3 aromatic carbocycles. The molecule has 5 nitrogen and oxygen atoms in total. The largest absolute Gasteiger partial charge is 0.497 e. The highest BCUT2D eigenvalue weighted by atomic mass is 16.5. The van der Waals surface area contributed by atoms with Gasteiger partial charge in [-0.25, -0.2) is 0 Å². The van der Waals surface area contributed by atoms with Gasteiger partial charge in [-0.1, -0.05) is 30.3 Å². The third kappa shape index (κ3) is 3.15. The van der Waals surface area contributed by atoms with Crippen molar-refractivity contribution in [3.05, 3.63) is 89.5 Å². The molecule has 134 valence electrons. The molecule has 1 N–H and O–H groups in total. The predicted molar refractivity (Wildman–Crippen MR) is 104 cm³/mol. The van der Waals surface area contributed by atoms with E-state index in [4.69, 9.17) is 4.74 Å². The van der Waals surface area contributed by atoms with Gasteiger partial charge in [0.2, 0.25) is 0 Å². The zero-order chi connectivity index (χ0) is 18.8. The minimum absolute atomic E-state index is 0.172. The van der Waals surface area contributed by atoms with Crippen LogP contribution in [0, 0.1) is 0 Å². The topological polar surface area (TPSA) is 58.6 Å². The average Bonchev–Trinajstić information content (AvgIpc) is 3.05. The van der Waals surface area contributed by atoms with E-state index >= 15 is 0 Å². The van der Waals surface area contributed by atoms with E-state index in [2.05, 4.69) is 5.32 Å². The molecule has 0 saturated carbocycles. The lowest BCUT2D eigenvalue weighted by molar-refractivity contribution is 0.0976. The summed E-state index contributed by atoms with van der Waals surface area (Å²) in [7, 11) is 1.60. The number of para-hydroxylation sites is 1. The Morgan fingerprint density at radius 1 is 0.963 bits per heavy atom. The second kappa shape index (κ2) is 6.96. The van der Waals surface area contributed by atoms with Crippen LogP contribution in [-0.4, -0.2) is 18.9 Å². The van der Waals surface area contributed by atoms with E-state index in [1.165, 1.54) is 0 Å². The highest BCUT2D eigenvalue weighted by Crippen LogP contribution is 2.31. The van der Waals surface area contributed by atoms with E-state index in [1.807, 2.05) is 66.7 Å². The van der Waals surface area contributed by atoms with Gasteiger partial charge in [-0.15, -0.1) is 0 Å². The monoisotopic (exact) mass is 358 g/mol. The van der Waals surface area contributed by atoms with Gasteiger partial charge < -0.3 is 15.0 Å². The summed E-state index contributed by atoms with van der Waals surface area (Å²) in [6.07, 6.45) is 0. The molecule has 0 atom stereocenters. The van der Waals surface area contributed by atoms with Crippen LogP contribution >= 0.6 is 0 Å². The minimum atomic E-state index is -0.289. The van der Waals surface area contributed by atoms with Crippen molar-refractivity contribution in [2.45, 2.75) is 6.54 Å². The van der Waals surface area contributed by atoms with Crippen LogP contribution < -0.4 is 15.0 Å². The first kappa shape index (κ1) is 16.8. The summed E-state index contributed by atoms with van der Waals surface area (Å²) >= 11 is 0. The Bertz CT molecular complexity index is 998. The van der Waals surface area contributed by atoms with E-state index in [-0.39, 0.29) is 11.8 Å². The number of rotatable bonds is 4. The van der Waals surface area contributed by atoms with Crippen LogP contribution in [-0.2, 0) is 6.54 Å². The van der Waals surface area contributed by atoms with Crippen molar-refractivity contribution in [1.29, 1.82) is 0 Å². The van der Waals surface area contributed by atoms with E-state index < -0.39 is 0 Å². The molecule has 0 spiro atoms. The van der Waals surface area contributed by atoms with E-state index in [1.54, 1.807) is 18.1 Å². The number of hydrogen-bond acceptors (Lipinski definition) is 3. The van der Waals surface area contributed by atoms with Crippen molar-refractivity contribution in [3.63, 3.8) is 0 Å². The fourth-order valence-electron chi connectivity index (χ4n) is 3.24. The van der Waals surface area contributed by atoms with Crippen molar-refractivity contribution >= 4 is 23.2 Å². The first-order chi connectivity index (χ1) is 13.2. The van der Waals surface area contributed by atoms with Crippen LogP contribution in [0.3, 0.4) is 0 Å². The Labute approximate surface area is 157 Å². The van der Waals surface area contributed by atoms with E-state index in [9.17, 15) is 9.59 Å². The van der Waals surface area contributed by atoms with Gasteiger partial charge in [0.05, 0.1) is 24.8 Å². The van der Waals surface area contributed by atoms with Crippen LogP contribution in [0.4, 0.5) is 11.4 Å². The maximum absolute atomic E-state index is 13.0. The molecule has 0 saturated heterocycles. The number of anilines is 2. The normalized spacial score (nSPS) is 12.6. The Balaban J connectivity index is 1.64. The quantitative estimate of drug-likeness (QED) is 0.764. The van der Waals surface area contributed by atoms with Crippen LogP contribution in [0.5, 0.6) is 5.75 Å². The molecule has 4 rings (SSSR count). The van der Waals surface area contributed by atoms with E-state index in [0.717, 1.165) is 17.0 Å². The zero-order valence-corrected chi connectivity index (χ0v) is 14.8. The number of carbonyl (C=O) groups is 2. The summed E-state index contributed by atoms with van der Waals surface area (Å²) in [5.74, 6) is 0.266. The molecule has 5 heteroatoms. The number of hydrogen-bond donors (Lipinski definition) is 1. The smallest absolute Gasteiger partial charge is 0.259 e. The molecule has 2 amide bonds. The molecule has 3 aromatic rings. The molecule has 0 radical (unpaired) electrons. The second-order valence-corrected chi connectivity index (χ2v) is 6.25. The summed E-state index contributed by atoms with van der Waals surface area (Å²) in [6, 6.07) is 21.9. The van der Waals surface area contributed by atoms with Gasteiger partial charge in [0.15, 0.2) is 0 Å². The number of fused-ring (bicyclic) bond motifs is 1. The summed E-state index contributed by atoms with van der Waals surface area (Å²) < 4.78 is 5.17. The van der Waals surface area contributed by atoms with Crippen molar-refractivity contribution in [1.82, 2.24) is 0 Å². The maximum atomic E-state index is 13.0. The number of nitrogens with zero attached hydrogens (tertiary/aromatic N) is 1. The third-order valence-electron chi connectivity index (χ3n) is 4.60. The summed E-state index contributed by atoms with van der Waals surface area (Å²) in [6.45, 7) is 0.437. The second-order valence-electron chi connectivity index (χ2n) is 6.25. The SMILES string of the molecule is COc1ccc(N2Cc3cccc(C(=O)Nc4ccccc4)c3C2=O)cc1. The van der Waals surface area contributed by atoms with Crippen molar-refractivity contribution in [2.24, 2.45) is 0 Å². The lowest BCUT2D eigenvalue weighted by Gasteiger charge is -2.16. The van der Waals surface area contributed by atoms with Gasteiger partial charge >= 0.3 is 0 Å². The maximum Gasteiger partial charge on any atom is 0.259 e. The van der Waals surface area contributed by atoms with Crippen LogP contribution in [0.2, 0.25) is 0 Å². The number of methoxy groups -OCH3 is 1. The van der Waals surface area contributed by atoms with Crippen LogP contribution in [0.25, 0.3) is 0 Å². The fraction of sp³-hybridized carbons (Fsp3) is 0.0909. The van der Waals surface area contributed by atoms with E-state index in [0.29, 0.717) is 23.4 Å². The highest BCUT2D eigenvalue weighted by molar-refractivity contribution is 6.18. The summed E-state index contributed by atoms with van der Waals surface area (Å²) in [5, 5.41) is 2.85. The predicted octanol–water partition coefficient (Wildman–Crippen LogP) is 4.11. The summed E-state index contributed by atoms with van der Waals surface area (Å²) in [5.41, 5.74) is 3.15. The molecular weight excluding hydrogens is 340 g/mol. The lowest BCUT2D eigenvalue weighted by atomic mass is 10.0. The molecule has 0 unspecified atom stereocenters. The Hall–Kier alpha value is -3.60. The van der Waals surface area contributed by atoms with Crippen molar-refractivity contribution < 1.29 is 14.3 Å². The van der Waals surface area contributed by atoms with Gasteiger partial charge in [-0.3, -0.25) is 9.59 Å². The zero-order valence-electron chi connectivity index (χ0n) is 14.8. The molecule has 0 bridgehead atoms. The van der Waals surface area contributed by atoms with Gasteiger partial charge in [-0.2, -0.15) is 0 Å². The van der Waals surface area contributed by atoms with Gasteiger partial charge in [-0.05, 0) is 48.0 Å². The minimum Gasteiger partial charge on any atom is -0.497 e. The fourth-order valence-corrected chi connectivity index (χ4v) is 3.24. The first-order valence-electron chi connectivity index (χ1n) is 8.61. The molecular formula is C22H18N2O3. The van der Waals surface area contributed by atoms with Crippen molar-refractivity contribution in [2.75, 3.05) is 17.3 Å². The molecule has 1 aliphatic rings. The standard InChI is InChI=1S/C22H18N2O3/c1-27-18-12-10-17(11-13-18)24-14-15-6-5-9-19(20(15)22(24)26)21(25)23-16-7-3-2-4-8-16/h2-13H,14H2,1H3,(H,23,25). The van der Waals surface area contributed by atoms with Crippen LogP contribution in [0.1, 0.15) is 26.3 Å². The van der Waals surface area contributed by atoms with Gasteiger partial charge in [0, 0.05) is 11.4 Å². The molecule has 1 heterocycles. The number of benzene rings is 3. The Morgan fingerprint density at radius 2 is 1.70 bits per heavy atom. The third-order valence-corrected chi connectivity index (χ3v) is 4.60. The number of amides is 2. The number of nitrogens with one attached hydrogen (secondary N) is 1. The Kier molecular flexibility index (Phi) is 4.34.